The monoisotopic (exact) mass is 388 g/mol. The summed E-state index contributed by atoms with van der Waals surface area (Å²) in [7, 11) is 0. The number of aromatic nitrogens is 1. The summed E-state index contributed by atoms with van der Waals surface area (Å²) >= 11 is 1.34. The molecule has 0 spiro atoms. The lowest BCUT2D eigenvalue weighted by molar-refractivity contribution is -0.369. The minimum absolute atomic E-state index is 0.0209. The predicted molar refractivity (Wildman–Crippen MR) is 85.6 cm³/mol. The molecular formula is C16H12F4N2O3S. The molecule has 0 bridgehead atoms. The lowest BCUT2D eigenvalue weighted by Crippen LogP contribution is -2.17. The Balaban J connectivity index is 1.96. The second kappa shape index (κ2) is 6.44. The molecule has 0 fully saturated rings. The van der Waals surface area contributed by atoms with Gasteiger partial charge in [-0.3, -0.25) is 4.79 Å². The van der Waals surface area contributed by atoms with Crippen LogP contribution in [0.15, 0.2) is 35.4 Å². The number of phenolic OH excluding ortho intramolecular Hbond substituents is 1. The fourth-order valence-electron chi connectivity index (χ4n) is 2.46. The standard InChI is InChI=1S/C16H12F4N2O3S/c1-2-26-12-4-3-5-21-13(12)14(24)22-10-6-8-9(7-11(10)23)16(19,20)25-15(8,17)18/h3-7,23H,2H2,1H3,(H,22,24). The van der Waals surface area contributed by atoms with E-state index in [1.165, 1.54) is 18.0 Å². The van der Waals surface area contributed by atoms with E-state index < -0.39 is 40.7 Å². The fraction of sp³-hybridized carbons (Fsp3) is 0.250. The first-order valence-corrected chi connectivity index (χ1v) is 8.37. The number of hydrogen-bond acceptors (Lipinski definition) is 5. The number of amides is 1. The van der Waals surface area contributed by atoms with Gasteiger partial charge in [0.25, 0.3) is 5.91 Å². The number of halogens is 4. The van der Waals surface area contributed by atoms with Gasteiger partial charge in [-0.25, -0.2) is 9.72 Å². The van der Waals surface area contributed by atoms with Gasteiger partial charge in [-0.15, -0.1) is 11.8 Å². The van der Waals surface area contributed by atoms with E-state index in [1.807, 2.05) is 6.92 Å². The molecule has 138 valence electrons. The molecule has 26 heavy (non-hydrogen) atoms. The van der Waals surface area contributed by atoms with Crippen LogP contribution in [-0.2, 0) is 17.0 Å². The maximum Gasteiger partial charge on any atom is 0.388 e. The van der Waals surface area contributed by atoms with Crippen LogP contribution in [0, 0.1) is 0 Å². The van der Waals surface area contributed by atoms with Gasteiger partial charge in [0, 0.05) is 11.1 Å². The molecule has 2 aromatic rings. The van der Waals surface area contributed by atoms with Gasteiger partial charge in [-0.1, -0.05) is 6.92 Å². The molecule has 0 atom stereocenters. The van der Waals surface area contributed by atoms with Gasteiger partial charge in [0.05, 0.1) is 16.8 Å². The van der Waals surface area contributed by atoms with E-state index in [-0.39, 0.29) is 5.69 Å². The first-order valence-electron chi connectivity index (χ1n) is 7.38. The molecule has 0 saturated heterocycles. The van der Waals surface area contributed by atoms with Crippen LogP contribution in [-0.4, -0.2) is 21.8 Å². The lowest BCUT2D eigenvalue weighted by atomic mass is 10.1. The highest BCUT2D eigenvalue weighted by atomic mass is 32.2. The first kappa shape index (κ1) is 18.5. The Bertz CT molecular complexity index is 877. The Kier molecular flexibility index (Phi) is 4.57. The van der Waals surface area contributed by atoms with E-state index in [9.17, 15) is 27.5 Å². The quantitative estimate of drug-likeness (QED) is 0.465. The summed E-state index contributed by atoms with van der Waals surface area (Å²) in [5, 5.41) is 12.1. The predicted octanol–water partition coefficient (Wildman–Crippen LogP) is 4.28. The number of benzene rings is 1. The summed E-state index contributed by atoms with van der Waals surface area (Å²) in [6.07, 6.45) is -7.12. The highest BCUT2D eigenvalue weighted by Crippen LogP contribution is 2.53. The Morgan fingerprint density at radius 1 is 1.27 bits per heavy atom. The molecule has 3 rings (SSSR count). The molecule has 1 aromatic heterocycles. The van der Waals surface area contributed by atoms with Crippen LogP contribution in [0.1, 0.15) is 28.5 Å². The lowest BCUT2D eigenvalue weighted by Gasteiger charge is -2.12. The van der Waals surface area contributed by atoms with Crippen molar-refractivity contribution >= 4 is 23.4 Å². The van der Waals surface area contributed by atoms with Gasteiger partial charge >= 0.3 is 12.2 Å². The van der Waals surface area contributed by atoms with Crippen LogP contribution in [0.3, 0.4) is 0 Å². The van der Waals surface area contributed by atoms with Gasteiger partial charge in [0.2, 0.25) is 0 Å². The van der Waals surface area contributed by atoms with Crippen molar-refractivity contribution in [2.45, 2.75) is 24.0 Å². The molecule has 1 aliphatic rings. The van der Waals surface area contributed by atoms with Crippen molar-refractivity contribution in [3.05, 3.63) is 47.3 Å². The number of rotatable bonds is 4. The molecule has 2 heterocycles. The van der Waals surface area contributed by atoms with E-state index in [0.29, 0.717) is 22.8 Å². The number of fused-ring (bicyclic) bond motifs is 1. The Hall–Kier alpha value is -2.33. The SMILES string of the molecule is CCSc1cccnc1C(=O)Nc1cc2c(cc1O)C(F)(F)OC2(F)F. The second-order valence-electron chi connectivity index (χ2n) is 5.29. The van der Waals surface area contributed by atoms with Crippen molar-refractivity contribution in [3.63, 3.8) is 0 Å². The average molecular weight is 388 g/mol. The van der Waals surface area contributed by atoms with Crippen molar-refractivity contribution in [2.75, 3.05) is 11.1 Å². The largest absolute Gasteiger partial charge is 0.506 e. The van der Waals surface area contributed by atoms with Crippen LogP contribution >= 0.6 is 11.8 Å². The number of phenols is 1. The fourth-order valence-corrected chi connectivity index (χ4v) is 3.22. The Morgan fingerprint density at radius 3 is 2.58 bits per heavy atom. The molecule has 10 heteroatoms. The Labute approximate surface area is 149 Å². The van der Waals surface area contributed by atoms with Gasteiger partial charge in [0.1, 0.15) is 11.4 Å². The van der Waals surface area contributed by atoms with Crippen LogP contribution in [0.2, 0.25) is 0 Å². The number of alkyl halides is 4. The third-order valence-electron chi connectivity index (χ3n) is 3.55. The molecule has 1 aromatic carbocycles. The van der Waals surface area contributed by atoms with Crippen molar-refractivity contribution in [1.29, 1.82) is 0 Å². The third-order valence-corrected chi connectivity index (χ3v) is 4.48. The zero-order valence-corrected chi connectivity index (χ0v) is 14.0. The zero-order chi connectivity index (χ0) is 19.1. The summed E-state index contributed by atoms with van der Waals surface area (Å²) in [6, 6.07) is 4.30. The molecule has 2 N–H and O–H groups in total. The second-order valence-corrected chi connectivity index (χ2v) is 6.59. The van der Waals surface area contributed by atoms with E-state index in [0.717, 1.165) is 0 Å². The van der Waals surface area contributed by atoms with Gasteiger partial charge in [0.15, 0.2) is 0 Å². The van der Waals surface area contributed by atoms with Crippen molar-refractivity contribution < 1.29 is 32.2 Å². The molecule has 0 unspecified atom stereocenters. The van der Waals surface area contributed by atoms with Crippen LogP contribution in [0.5, 0.6) is 5.75 Å². The molecule has 0 saturated carbocycles. The molecule has 0 radical (unpaired) electrons. The summed E-state index contributed by atoms with van der Waals surface area (Å²) in [6.45, 7) is 1.87. The first-order chi connectivity index (χ1) is 12.2. The number of anilines is 1. The topological polar surface area (TPSA) is 71.5 Å². The summed E-state index contributed by atoms with van der Waals surface area (Å²) in [5.41, 5.74) is -2.71. The Morgan fingerprint density at radius 2 is 1.92 bits per heavy atom. The number of nitrogens with one attached hydrogen (secondary N) is 1. The zero-order valence-electron chi connectivity index (χ0n) is 13.2. The molecule has 5 nitrogen and oxygen atoms in total. The number of carbonyl (C=O) groups excluding carboxylic acids is 1. The maximum absolute atomic E-state index is 13.7. The summed E-state index contributed by atoms with van der Waals surface area (Å²) in [4.78, 5) is 16.9. The number of carbonyl (C=O) groups is 1. The maximum atomic E-state index is 13.7. The van der Waals surface area contributed by atoms with E-state index >= 15 is 0 Å². The third kappa shape index (κ3) is 3.21. The minimum atomic E-state index is -4.25. The van der Waals surface area contributed by atoms with Gasteiger partial charge in [-0.05, 0) is 30.0 Å². The van der Waals surface area contributed by atoms with Crippen LogP contribution < -0.4 is 5.32 Å². The van der Waals surface area contributed by atoms with Crippen molar-refractivity contribution in [1.82, 2.24) is 4.98 Å². The van der Waals surface area contributed by atoms with E-state index in [1.54, 1.807) is 12.1 Å². The highest BCUT2D eigenvalue weighted by molar-refractivity contribution is 7.99. The molecular weight excluding hydrogens is 376 g/mol. The van der Waals surface area contributed by atoms with Gasteiger partial charge in [-0.2, -0.15) is 17.6 Å². The van der Waals surface area contributed by atoms with Crippen LogP contribution in [0.4, 0.5) is 23.2 Å². The van der Waals surface area contributed by atoms with Gasteiger partial charge < -0.3 is 10.4 Å². The highest BCUT2D eigenvalue weighted by Gasteiger charge is 2.57. The molecule has 1 amide bonds. The van der Waals surface area contributed by atoms with E-state index in [2.05, 4.69) is 15.0 Å². The number of pyridine rings is 1. The number of thioether (sulfide) groups is 1. The summed E-state index contributed by atoms with van der Waals surface area (Å²) < 4.78 is 57.8. The number of hydrogen-bond donors (Lipinski definition) is 2. The molecule has 1 aliphatic heterocycles. The summed E-state index contributed by atoms with van der Waals surface area (Å²) in [5.74, 6) is -0.904. The van der Waals surface area contributed by atoms with E-state index in [4.69, 9.17) is 0 Å². The van der Waals surface area contributed by atoms with Crippen LogP contribution in [0.25, 0.3) is 0 Å². The number of nitrogens with zero attached hydrogens (tertiary/aromatic N) is 1. The average Bonchev–Trinajstić information content (AvgIpc) is 2.73. The van der Waals surface area contributed by atoms with Crippen molar-refractivity contribution in [3.8, 4) is 5.75 Å². The number of ether oxygens (including phenoxy) is 1. The normalized spacial score (nSPS) is 17.0. The minimum Gasteiger partial charge on any atom is -0.506 e. The van der Waals surface area contributed by atoms with Crippen molar-refractivity contribution in [2.24, 2.45) is 0 Å². The number of aromatic hydroxyl groups is 1. The smallest absolute Gasteiger partial charge is 0.388 e. The molecule has 0 aliphatic carbocycles.